The molecule has 0 aromatic carbocycles. The van der Waals surface area contributed by atoms with Gasteiger partial charge in [-0.2, -0.15) is 0 Å². The van der Waals surface area contributed by atoms with Gasteiger partial charge in [-0.05, 0) is 12.8 Å². The van der Waals surface area contributed by atoms with E-state index in [2.05, 4.69) is 11.6 Å². The normalized spacial score (nSPS) is 16.7. The zero-order valence-corrected chi connectivity index (χ0v) is 20.9. The van der Waals surface area contributed by atoms with Crippen LogP contribution in [0.25, 0.3) is 0 Å². The molecule has 0 radical (unpaired) electrons. The lowest BCUT2D eigenvalue weighted by atomic mass is 10.0. The Hall–Kier alpha value is -0.0600. The summed E-state index contributed by atoms with van der Waals surface area (Å²) in [6.07, 6.45) is 7.70. The molecule has 188 valence electrons. The molecule has 0 fully saturated rings. The van der Waals surface area contributed by atoms with Crippen molar-refractivity contribution >= 4 is 17.6 Å². The minimum Gasteiger partial charge on any atom is -0.390 e. The molecule has 0 aliphatic rings. The second-order valence-electron chi connectivity index (χ2n) is 8.43. The van der Waals surface area contributed by atoms with Crippen LogP contribution >= 0.6 is 7.60 Å². The average molecular weight is 489 g/mol. The van der Waals surface area contributed by atoms with E-state index in [0.29, 0.717) is 12.8 Å². The lowest BCUT2D eigenvalue weighted by Crippen LogP contribution is -2.54. The van der Waals surface area contributed by atoms with Gasteiger partial charge in [-0.25, -0.2) is 13.1 Å². The number of unbranched alkanes of at least 4 members (excludes halogenated alkanes) is 10. The molecule has 4 unspecified atom stereocenters. The van der Waals surface area contributed by atoms with E-state index in [1.165, 1.54) is 19.3 Å². The van der Waals surface area contributed by atoms with Gasteiger partial charge in [-0.1, -0.05) is 84.5 Å². The van der Waals surface area contributed by atoms with Crippen LogP contribution in [0, 0.1) is 0 Å². The highest BCUT2D eigenvalue weighted by Gasteiger charge is 2.43. The molecule has 0 aliphatic heterocycles. The van der Waals surface area contributed by atoms with Crippen LogP contribution in [0.15, 0.2) is 0 Å². The number of hydrogen-bond donors (Lipinski definition) is 6. The molecule has 0 aromatic rings. The Morgan fingerprint density at radius 1 is 0.839 bits per heavy atom. The SMILES string of the molecule is CCCCCCCCCCS(=O)(=O)NC(CCCCCC)C(O)C(C(N)O)P(=O)(O)O. The first-order valence-electron chi connectivity index (χ1n) is 11.6. The zero-order chi connectivity index (χ0) is 23.9. The van der Waals surface area contributed by atoms with E-state index in [1.54, 1.807) is 0 Å². The number of aliphatic hydroxyl groups excluding tert-OH is 2. The summed E-state index contributed by atoms with van der Waals surface area (Å²) in [5.41, 5.74) is 3.32. The van der Waals surface area contributed by atoms with Gasteiger partial charge in [0.15, 0.2) is 0 Å². The van der Waals surface area contributed by atoms with Crippen LogP contribution in [0.4, 0.5) is 0 Å². The second kappa shape index (κ2) is 16.5. The number of rotatable bonds is 20. The first-order valence-corrected chi connectivity index (χ1v) is 15.0. The van der Waals surface area contributed by atoms with E-state index in [9.17, 15) is 33.0 Å². The van der Waals surface area contributed by atoms with E-state index >= 15 is 0 Å². The summed E-state index contributed by atoms with van der Waals surface area (Å²) in [5.74, 6) is -0.119. The minimum atomic E-state index is -4.95. The maximum atomic E-state index is 12.5. The fraction of sp³-hybridized carbons (Fsp3) is 1.00. The molecule has 0 bridgehead atoms. The summed E-state index contributed by atoms with van der Waals surface area (Å²) in [5, 5.41) is 20.1. The summed E-state index contributed by atoms with van der Waals surface area (Å²) < 4.78 is 39.2. The first kappa shape index (κ1) is 30.9. The molecule has 0 aromatic heterocycles. The summed E-state index contributed by atoms with van der Waals surface area (Å²) in [6, 6.07) is -1.13. The molecule has 0 spiro atoms. The smallest absolute Gasteiger partial charge is 0.335 e. The molecule has 7 N–H and O–H groups in total. The first-order chi connectivity index (χ1) is 14.5. The van der Waals surface area contributed by atoms with Gasteiger partial charge in [0.1, 0.15) is 11.9 Å². The highest BCUT2D eigenvalue weighted by Crippen LogP contribution is 2.44. The Labute approximate surface area is 188 Å². The molecule has 31 heavy (non-hydrogen) atoms. The van der Waals surface area contributed by atoms with Gasteiger partial charge in [-0.3, -0.25) is 4.57 Å². The number of nitrogens with two attached hydrogens (primary N) is 1. The second-order valence-corrected chi connectivity index (χ2v) is 12.1. The number of nitrogens with one attached hydrogen (secondary N) is 1. The van der Waals surface area contributed by atoms with Crippen LogP contribution in [0.3, 0.4) is 0 Å². The number of hydrogen-bond acceptors (Lipinski definition) is 6. The van der Waals surface area contributed by atoms with E-state index in [1.807, 2.05) is 6.92 Å². The van der Waals surface area contributed by atoms with Crippen LogP contribution < -0.4 is 10.5 Å². The monoisotopic (exact) mass is 488 g/mol. The standard InChI is InChI=1S/C20H45N2O7PS/c1-3-5-7-9-10-11-12-14-16-31(28,29)22-17(15-13-8-6-4-2)18(23)19(20(21)24)30(25,26)27/h17-20,22-24H,3-16,21H2,1-2H3,(H2,25,26,27). The van der Waals surface area contributed by atoms with Crippen LogP contribution in [-0.2, 0) is 14.6 Å². The van der Waals surface area contributed by atoms with Crippen molar-refractivity contribution in [1.82, 2.24) is 4.72 Å². The van der Waals surface area contributed by atoms with Crippen molar-refractivity contribution in [2.45, 2.75) is 121 Å². The van der Waals surface area contributed by atoms with Crippen molar-refractivity contribution in [2.24, 2.45) is 5.73 Å². The Balaban J connectivity index is 4.90. The largest absolute Gasteiger partial charge is 0.390 e. The Kier molecular flexibility index (Phi) is 16.5. The van der Waals surface area contributed by atoms with Crippen molar-refractivity contribution in [1.29, 1.82) is 0 Å². The van der Waals surface area contributed by atoms with Crippen molar-refractivity contribution in [3.8, 4) is 0 Å². The topological polar surface area (TPSA) is 170 Å². The van der Waals surface area contributed by atoms with Crippen LogP contribution in [0.5, 0.6) is 0 Å². The van der Waals surface area contributed by atoms with Crippen LogP contribution in [0.2, 0.25) is 0 Å². The zero-order valence-electron chi connectivity index (χ0n) is 19.2. The molecular formula is C20H45N2O7PS. The van der Waals surface area contributed by atoms with E-state index in [4.69, 9.17) is 5.73 Å². The highest BCUT2D eigenvalue weighted by molar-refractivity contribution is 7.89. The molecule has 0 heterocycles. The molecule has 0 amide bonds. The van der Waals surface area contributed by atoms with E-state index in [0.717, 1.165) is 44.9 Å². The van der Waals surface area contributed by atoms with Crippen molar-refractivity contribution in [3.05, 3.63) is 0 Å². The summed E-state index contributed by atoms with van der Waals surface area (Å²) >= 11 is 0. The van der Waals surface area contributed by atoms with E-state index < -0.39 is 41.7 Å². The highest BCUT2D eigenvalue weighted by atomic mass is 32.2. The molecule has 11 heteroatoms. The quantitative estimate of drug-likeness (QED) is 0.0862. The third-order valence-corrected chi connectivity index (χ3v) is 8.34. The predicted molar refractivity (Wildman–Crippen MR) is 124 cm³/mol. The van der Waals surface area contributed by atoms with Crippen molar-refractivity contribution < 1.29 is 33.0 Å². The average Bonchev–Trinajstić information content (AvgIpc) is 2.64. The summed E-state index contributed by atoms with van der Waals surface area (Å²) in [6.45, 7) is 4.18. The number of sulfonamides is 1. The Morgan fingerprint density at radius 2 is 1.29 bits per heavy atom. The lowest BCUT2D eigenvalue weighted by molar-refractivity contribution is 0.0564. The molecule has 0 aliphatic carbocycles. The van der Waals surface area contributed by atoms with E-state index in [-0.39, 0.29) is 12.2 Å². The van der Waals surface area contributed by atoms with Gasteiger partial charge in [0.25, 0.3) is 0 Å². The molecular weight excluding hydrogens is 443 g/mol. The molecule has 0 saturated heterocycles. The third kappa shape index (κ3) is 14.7. The van der Waals surface area contributed by atoms with Gasteiger partial charge in [0, 0.05) is 6.04 Å². The van der Waals surface area contributed by atoms with Gasteiger partial charge in [0.05, 0.1) is 11.9 Å². The number of aliphatic hydroxyl groups is 2. The van der Waals surface area contributed by atoms with Gasteiger partial charge in [-0.15, -0.1) is 0 Å². The fourth-order valence-electron chi connectivity index (χ4n) is 3.64. The maximum Gasteiger partial charge on any atom is 0.335 e. The van der Waals surface area contributed by atoms with Crippen LogP contribution in [-0.4, -0.2) is 58.2 Å². The van der Waals surface area contributed by atoms with Crippen molar-refractivity contribution in [3.63, 3.8) is 0 Å². The van der Waals surface area contributed by atoms with Gasteiger partial charge in [0.2, 0.25) is 10.0 Å². The third-order valence-electron chi connectivity index (χ3n) is 5.47. The summed E-state index contributed by atoms with van der Waals surface area (Å²) in [7, 11) is -8.71. The van der Waals surface area contributed by atoms with Crippen molar-refractivity contribution in [2.75, 3.05) is 5.75 Å². The minimum absolute atomic E-state index is 0.119. The molecule has 0 rings (SSSR count). The Bertz CT molecular complexity index is 598. The van der Waals surface area contributed by atoms with Crippen LogP contribution in [0.1, 0.15) is 97.3 Å². The molecule has 4 atom stereocenters. The maximum absolute atomic E-state index is 12.5. The predicted octanol–water partition coefficient (Wildman–Crippen LogP) is 2.57. The Morgan fingerprint density at radius 3 is 1.74 bits per heavy atom. The fourth-order valence-corrected chi connectivity index (χ4v) is 6.07. The summed E-state index contributed by atoms with van der Waals surface area (Å²) in [4.78, 5) is 19.0. The molecule has 0 saturated carbocycles. The molecule has 9 nitrogen and oxygen atoms in total. The van der Waals surface area contributed by atoms with Gasteiger partial charge < -0.3 is 25.7 Å². The van der Waals surface area contributed by atoms with Gasteiger partial charge >= 0.3 is 7.60 Å². The lowest BCUT2D eigenvalue weighted by Gasteiger charge is -2.32.